The minimum absolute atomic E-state index is 0.301. The largest absolute Gasteiger partial charge is 0.379 e. The summed E-state index contributed by atoms with van der Waals surface area (Å²) < 4.78 is 18.5. The summed E-state index contributed by atoms with van der Waals surface area (Å²) in [6.45, 7) is 4.18. The van der Waals surface area contributed by atoms with Gasteiger partial charge in [-0.2, -0.15) is 0 Å². The number of carbonyl (C=O) groups is 1. The van der Waals surface area contributed by atoms with Gasteiger partial charge in [-0.05, 0) is 42.0 Å². The fourth-order valence-corrected chi connectivity index (χ4v) is 3.31. The van der Waals surface area contributed by atoms with Crippen LogP contribution >= 0.6 is 0 Å². The van der Waals surface area contributed by atoms with Crippen LogP contribution in [0.4, 0.5) is 10.1 Å². The summed E-state index contributed by atoms with van der Waals surface area (Å²) in [5.74, 6) is 0.279. The third-order valence-corrected chi connectivity index (χ3v) is 4.72. The van der Waals surface area contributed by atoms with Crippen LogP contribution in [0.5, 0.6) is 0 Å². The van der Waals surface area contributed by atoms with E-state index >= 15 is 0 Å². The van der Waals surface area contributed by atoms with Crippen molar-refractivity contribution >= 4 is 17.8 Å². The quantitative estimate of drug-likeness (QED) is 0.859. The van der Waals surface area contributed by atoms with Crippen molar-refractivity contribution in [1.82, 2.24) is 10.2 Å². The third-order valence-electron chi connectivity index (χ3n) is 4.72. The van der Waals surface area contributed by atoms with Crippen molar-refractivity contribution in [1.29, 1.82) is 0 Å². The molecule has 0 aliphatic carbocycles. The maximum absolute atomic E-state index is 13.1. The first-order chi connectivity index (χ1) is 12.7. The molecule has 1 saturated heterocycles. The number of fused-ring (bicyclic) bond motifs is 1. The fourth-order valence-electron chi connectivity index (χ4n) is 3.31. The van der Waals surface area contributed by atoms with E-state index in [1.165, 1.54) is 12.1 Å². The van der Waals surface area contributed by atoms with E-state index in [0.717, 1.165) is 61.5 Å². The second-order valence-electron chi connectivity index (χ2n) is 6.51. The molecule has 2 aromatic carbocycles. The smallest absolute Gasteiger partial charge is 0.146 e. The Bertz CT molecular complexity index is 829. The summed E-state index contributed by atoms with van der Waals surface area (Å²) in [6, 6.07) is 11.7. The molecular weight excluding hydrogens is 333 g/mol. The van der Waals surface area contributed by atoms with E-state index in [4.69, 9.17) is 4.74 Å². The summed E-state index contributed by atoms with van der Waals surface area (Å²) in [5.41, 5.74) is 3.54. The number of amidine groups is 1. The number of nitrogens with zero attached hydrogens (tertiary/aromatic N) is 2. The Labute approximate surface area is 151 Å². The second kappa shape index (κ2) is 7.35. The average molecular weight is 353 g/mol. The molecule has 1 atom stereocenters. The summed E-state index contributed by atoms with van der Waals surface area (Å²) in [7, 11) is 0. The molecule has 0 bridgehead atoms. The molecule has 2 heterocycles. The highest BCUT2D eigenvalue weighted by Gasteiger charge is 2.23. The van der Waals surface area contributed by atoms with Crippen LogP contribution in [0.2, 0.25) is 0 Å². The number of aldehydes is 1. The highest BCUT2D eigenvalue weighted by Crippen LogP contribution is 2.31. The number of hydrogen-bond donors (Lipinski definition) is 1. The maximum Gasteiger partial charge on any atom is 0.146 e. The van der Waals surface area contributed by atoms with Gasteiger partial charge in [-0.25, -0.2) is 9.38 Å². The van der Waals surface area contributed by atoms with Gasteiger partial charge in [-0.1, -0.05) is 6.07 Å². The third kappa shape index (κ3) is 3.52. The molecule has 134 valence electrons. The van der Waals surface area contributed by atoms with E-state index in [0.29, 0.717) is 5.84 Å². The zero-order valence-electron chi connectivity index (χ0n) is 14.3. The van der Waals surface area contributed by atoms with Gasteiger partial charge in [0.15, 0.2) is 0 Å². The maximum atomic E-state index is 13.1. The van der Waals surface area contributed by atoms with Gasteiger partial charge in [0.1, 0.15) is 24.0 Å². The lowest BCUT2D eigenvalue weighted by molar-refractivity contribution is -0.109. The number of ether oxygens (including phenoxy) is 1. The predicted molar refractivity (Wildman–Crippen MR) is 97.1 cm³/mol. The Morgan fingerprint density at radius 3 is 2.69 bits per heavy atom. The van der Waals surface area contributed by atoms with Crippen LogP contribution in [0.1, 0.15) is 22.7 Å². The van der Waals surface area contributed by atoms with Gasteiger partial charge in [-0.15, -0.1) is 0 Å². The number of morpholine rings is 1. The Hall–Kier alpha value is -2.57. The number of halogens is 1. The van der Waals surface area contributed by atoms with Crippen LogP contribution in [-0.2, 0) is 16.1 Å². The van der Waals surface area contributed by atoms with Crippen molar-refractivity contribution in [2.75, 3.05) is 26.3 Å². The topological polar surface area (TPSA) is 53.9 Å². The van der Waals surface area contributed by atoms with Gasteiger partial charge in [-0.3, -0.25) is 4.90 Å². The molecule has 4 rings (SSSR count). The van der Waals surface area contributed by atoms with Crippen molar-refractivity contribution in [3.05, 3.63) is 65.0 Å². The molecule has 1 N–H and O–H groups in total. The van der Waals surface area contributed by atoms with Crippen molar-refractivity contribution in [3.8, 4) is 0 Å². The van der Waals surface area contributed by atoms with Crippen molar-refractivity contribution in [3.63, 3.8) is 0 Å². The summed E-state index contributed by atoms with van der Waals surface area (Å²) in [4.78, 5) is 18.6. The number of nitrogens with one attached hydrogen (secondary N) is 1. The number of aliphatic imine (C=N–C) groups is 1. The Kier molecular flexibility index (Phi) is 4.77. The lowest BCUT2D eigenvalue weighted by atomic mass is 9.99. The first kappa shape index (κ1) is 16.9. The molecule has 26 heavy (non-hydrogen) atoms. The number of rotatable bonds is 4. The molecule has 6 heteroatoms. The first-order valence-electron chi connectivity index (χ1n) is 8.72. The van der Waals surface area contributed by atoms with Gasteiger partial charge >= 0.3 is 0 Å². The molecule has 0 aromatic heterocycles. The van der Waals surface area contributed by atoms with Crippen LogP contribution in [0.3, 0.4) is 0 Å². The van der Waals surface area contributed by atoms with E-state index in [-0.39, 0.29) is 5.82 Å². The van der Waals surface area contributed by atoms with E-state index in [1.54, 1.807) is 12.1 Å². The molecule has 1 unspecified atom stereocenters. The first-order valence-corrected chi connectivity index (χ1v) is 8.72. The number of benzene rings is 2. The van der Waals surface area contributed by atoms with E-state index in [9.17, 15) is 9.18 Å². The standard InChI is InChI=1S/C20H20FN3O2/c21-16-4-2-15(3-5-16)20-22-18-6-1-14(11-17(18)19(13-25)23-20)12-24-7-9-26-10-8-24/h1-6,11,13,19H,7-10,12H2,(H,22,23). The normalized spacial score (nSPS) is 20.0. The van der Waals surface area contributed by atoms with Gasteiger partial charge in [0.25, 0.3) is 0 Å². The molecule has 0 amide bonds. The molecule has 5 nitrogen and oxygen atoms in total. The fraction of sp³-hybridized carbons (Fsp3) is 0.300. The highest BCUT2D eigenvalue weighted by molar-refractivity contribution is 6.03. The molecule has 2 aromatic rings. The number of carbonyl (C=O) groups excluding carboxylic acids is 1. The van der Waals surface area contributed by atoms with Gasteiger partial charge < -0.3 is 14.8 Å². The van der Waals surface area contributed by atoms with Crippen LogP contribution < -0.4 is 5.32 Å². The zero-order valence-corrected chi connectivity index (χ0v) is 14.3. The summed E-state index contributed by atoms with van der Waals surface area (Å²) in [6.07, 6.45) is 0.884. The van der Waals surface area contributed by atoms with Gasteiger partial charge in [0.2, 0.25) is 0 Å². The molecule has 2 aliphatic rings. The van der Waals surface area contributed by atoms with E-state index < -0.39 is 6.04 Å². The van der Waals surface area contributed by atoms with Crippen molar-refractivity contribution in [2.45, 2.75) is 12.6 Å². The lowest BCUT2D eigenvalue weighted by Crippen LogP contribution is -2.36. The minimum atomic E-state index is -0.466. The SMILES string of the molecule is O=CC1NC(c2ccc(F)cc2)=Nc2ccc(CN3CCOCC3)cc21. The molecule has 0 radical (unpaired) electrons. The lowest BCUT2D eigenvalue weighted by Gasteiger charge is -2.28. The van der Waals surface area contributed by atoms with Crippen LogP contribution in [0.15, 0.2) is 47.5 Å². The monoisotopic (exact) mass is 353 g/mol. The summed E-state index contributed by atoms with van der Waals surface area (Å²) in [5, 5.41) is 3.15. The predicted octanol–water partition coefficient (Wildman–Crippen LogP) is 2.58. The highest BCUT2D eigenvalue weighted by atomic mass is 19.1. The van der Waals surface area contributed by atoms with Crippen LogP contribution in [0.25, 0.3) is 0 Å². The van der Waals surface area contributed by atoms with Crippen LogP contribution in [0, 0.1) is 5.82 Å². The second-order valence-corrected chi connectivity index (χ2v) is 6.51. The number of hydrogen-bond acceptors (Lipinski definition) is 5. The van der Waals surface area contributed by atoms with Crippen LogP contribution in [-0.4, -0.2) is 43.3 Å². The molecule has 0 spiro atoms. The zero-order chi connectivity index (χ0) is 17.9. The Morgan fingerprint density at radius 1 is 1.19 bits per heavy atom. The molecular formula is C20H20FN3O2. The average Bonchev–Trinajstić information content (AvgIpc) is 2.68. The van der Waals surface area contributed by atoms with Gasteiger partial charge in [0.05, 0.1) is 18.9 Å². The van der Waals surface area contributed by atoms with Crippen molar-refractivity contribution < 1.29 is 13.9 Å². The Balaban J connectivity index is 1.62. The minimum Gasteiger partial charge on any atom is -0.379 e. The van der Waals surface area contributed by atoms with Crippen molar-refractivity contribution in [2.24, 2.45) is 4.99 Å². The summed E-state index contributed by atoms with van der Waals surface area (Å²) >= 11 is 0. The Morgan fingerprint density at radius 2 is 1.96 bits per heavy atom. The molecule has 2 aliphatic heterocycles. The van der Waals surface area contributed by atoms with Gasteiger partial charge in [0, 0.05) is 30.8 Å². The molecule has 1 fully saturated rings. The molecule has 0 saturated carbocycles. The van der Waals surface area contributed by atoms with E-state index in [2.05, 4.69) is 15.2 Å². The van der Waals surface area contributed by atoms with E-state index in [1.807, 2.05) is 18.2 Å².